The first-order chi connectivity index (χ1) is 9.72. The van der Waals surface area contributed by atoms with E-state index in [-0.39, 0.29) is 12.1 Å². The lowest BCUT2D eigenvalue weighted by Crippen LogP contribution is -2.37. The summed E-state index contributed by atoms with van der Waals surface area (Å²) in [4.78, 5) is 19.9. The van der Waals surface area contributed by atoms with E-state index >= 15 is 0 Å². The number of nitrogens with one attached hydrogen (secondary N) is 2. The minimum absolute atomic E-state index is 0.145. The number of halogens is 1. The van der Waals surface area contributed by atoms with Gasteiger partial charge in [0.1, 0.15) is 11.6 Å². The Morgan fingerprint density at radius 3 is 2.95 bits per heavy atom. The Balaban J connectivity index is 1.43. The summed E-state index contributed by atoms with van der Waals surface area (Å²) >= 11 is 3.26. The van der Waals surface area contributed by atoms with E-state index in [2.05, 4.69) is 36.5 Å². The van der Waals surface area contributed by atoms with Crippen molar-refractivity contribution in [3.8, 4) is 0 Å². The summed E-state index contributed by atoms with van der Waals surface area (Å²) in [6.07, 6.45) is 5.86. The minimum Gasteiger partial charge on any atom is -0.469 e. The molecule has 104 valence electrons. The number of amides is 2. The molecule has 0 radical (unpaired) electrons. The summed E-state index contributed by atoms with van der Waals surface area (Å²) in [6, 6.07) is 3.72. The van der Waals surface area contributed by atoms with E-state index < -0.39 is 0 Å². The molecule has 0 aliphatic heterocycles. The molecule has 2 aromatic heterocycles. The van der Waals surface area contributed by atoms with Crippen LogP contribution >= 0.6 is 15.9 Å². The topological polar surface area (TPSA) is 80.0 Å². The molecule has 1 saturated carbocycles. The van der Waals surface area contributed by atoms with Gasteiger partial charge in [0.15, 0.2) is 0 Å². The van der Waals surface area contributed by atoms with Crippen LogP contribution in [-0.4, -0.2) is 22.0 Å². The quantitative estimate of drug-likeness (QED) is 0.896. The van der Waals surface area contributed by atoms with Gasteiger partial charge in [-0.25, -0.2) is 14.8 Å². The molecule has 7 heteroatoms. The molecule has 0 aromatic carbocycles. The molecule has 2 atom stereocenters. The zero-order valence-electron chi connectivity index (χ0n) is 10.5. The summed E-state index contributed by atoms with van der Waals surface area (Å²) in [5.74, 6) is 1.79. The highest BCUT2D eigenvalue weighted by atomic mass is 79.9. The Bertz CT molecular complexity index is 585. The SMILES string of the molecule is O=C(NCc1ncc(Br)cn1)N[C@@H]1C[C@H]1c1ccco1. The Labute approximate surface area is 124 Å². The first kappa shape index (κ1) is 13.1. The van der Waals surface area contributed by atoms with E-state index in [4.69, 9.17) is 4.42 Å². The van der Waals surface area contributed by atoms with E-state index in [9.17, 15) is 4.79 Å². The monoisotopic (exact) mass is 336 g/mol. The Morgan fingerprint density at radius 1 is 1.45 bits per heavy atom. The van der Waals surface area contributed by atoms with Crippen molar-refractivity contribution in [2.75, 3.05) is 0 Å². The molecule has 2 aromatic rings. The highest BCUT2D eigenvalue weighted by molar-refractivity contribution is 9.10. The van der Waals surface area contributed by atoms with Crippen molar-refractivity contribution in [3.05, 3.63) is 46.8 Å². The van der Waals surface area contributed by atoms with Gasteiger partial charge < -0.3 is 15.1 Å². The van der Waals surface area contributed by atoms with Crippen LogP contribution in [0.25, 0.3) is 0 Å². The molecule has 2 heterocycles. The predicted molar refractivity (Wildman–Crippen MR) is 75.0 cm³/mol. The summed E-state index contributed by atoms with van der Waals surface area (Å²) in [6.45, 7) is 0.303. The molecule has 2 amide bonds. The molecule has 6 nitrogen and oxygen atoms in total. The third kappa shape index (κ3) is 3.16. The smallest absolute Gasteiger partial charge is 0.315 e. The molecule has 0 spiro atoms. The van der Waals surface area contributed by atoms with Gasteiger partial charge in [0.2, 0.25) is 0 Å². The second kappa shape index (κ2) is 5.62. The Hall–Kier alpha value is -1.89. The van der Waals surface area contributed by atoms with E-state index in [1.54, 1.807) is 18.7 Å². The number of hydrogen-bond acceptors (Lipinski definition) is 4. The third-order valence-electron chi connectivity index (χ3n) is 3.10. The maximum Gasteiger partial charge on any atom is 0.315 e. The van der Waals surface area contributed by atoms with Gasteiger partial charge in [0.05, 0.1) is 17.3 Å². The summed E-state index contributed by atoms with van der Waals surface area (Å²) in [5, 5.41) is 5.63. The molecule has 20 heavy (non-hydrogen) atoms. The predicted octanol–water partition coefficient (Wildman–Crippen LogP) is 2.19. The largest absolute Gasteiger partial charge is 0.469 e. The molecule has 3 rings (SSSR count). The normalized spacial score (nSPS) is 20.4. The van der Waals surface area contributed by atoms with Crippen LogP contribution in [0.4, 0.5) is 4.79 Å². The maximum absolute atomic E-state index is 11.7. The van der Waals surface area contributed by atoms with Gasteiger partial charge in [-0.3, -0.25) is 0 Å². The zero-order chi connectivity index (χ0) is 13.9. The van der Waals surface area contributed by atoms with Crippen molar-refractivity contribution in [1.29, 1.82) is 0 Å². The third-order valence-corrected chi connectivity index (χ3v) is 3.51. The van der Waals surface area contributed by atoms with Crippen LogP contribution in [-0.2, 0) is 6.54 Å². The number of aromatic nitrogens is 2. The van der Waals surface area contributed by atoms with Crippen molar-refractivity contribution in [2.24, 2.45) is 0 Å². The van der Waals surface area contributed by atoms with E-state index in [1.165, 1.54) is 0 Å². The molecule has 0 bridgehead atoms. The fourth-order valence-corrected chi connectivity index (χ4v) is 2.19. The number of furan rings is 1. The second-order valence-electron chi connectivity index (χ2n) is 4.61. The van der Waals surface area contributed by atoms with Gasteiger partial charge in [-0.1, -0.05) is 0 Å². The number of carbonyl (C=O) groups is 1. The molecular weight excluding hydrogens is 324 g/mol. The lowest BCUT2D eigenvalue weighted by Gasteiger charge is -2.06. The highest BCUT2D eigenvalue weighted by Crippen LogP contribution is 2.40. The average Bonchev–Trinajstić information content (AvgIpc) is 3.00. The van der Waals surface area contributed by atoms with Crippen LogP contribution in [0.5, 0.6) is 0 Å². The van der Waals surface area contributed by atoms with E-state index in [0.29, 0.717) is 18.3 Å². The van der Waals surface area contributed by atoms with Gasteiger partial charge in [-0.2, -0.15) is 0 Å². The zero-order valence-corrected chi connectivity index (χ0v) is 12.1. The molecule has 1 aliphatic carbocycles. The molecule has 1 aliphatic rings. The van der Waals surface area contributed by atoms with Gasteiger partial charge in [0.25, 0.3) is 0 Å². The van der Waals surface area contributed by atoms with E-state index in [0.717, 1.165) is 16.7 Å². The number of urea groups is 1. The number of rotatable bonds is 4. The highest BCUT2D eigenvalue weighted by Gasteiger charge is 2.41. The van der Waals surface area contributed by atoms with Crippen molar-refractivity contribution >= 4 is 22.0 Å². The van der Waals surface area contributed by atoms with Gasteiger partial charge in [-0.15, -0.1) is 0 Å². The first-order valence-corrected chi connectivity index (χ1v) is 7.06. The fourth-order valence-electron chi connectivity index (χ4n) is 1.98. The van der Waals surface area contributed by atoms with Crippen LogP contribution in [0.15, 0.2) is 39.7 Å². The van der Waals surface area contributed by atoms with Crippen molar-refractivity contribution in [3.63, 3.8) is 0 Å². The summed E-state index contributed by atoms with van der Waals surface area (Å²) in [5.41, 5.74) is 0. The summed E-state index contributed by atoms with van der Waals surface area (Å²) in [7, 11) is 0. The van der Waals surface area contributed by atoms with Crippen LogP contribution in [0.1, 0.15) is 23.9 Å². The molecule has 0 unspecified atom stereocenters. The van der Waals surface area contributed by atoms with Crippen molar-refractivity contribution in [1.82, 2.24) is 20.6 Å². The van der Waals surface area contributed by atoms with Crippen LogP contribution < -0.4 is 10.6 Å². The van der Waals surface area contributed by atoms with Crippen molar-refractivity contribution in [2.45, 2.75) is 24.9 Å². The van der Waals surface area contributed by atoms with Gasteiger partial charge in [0, 0.05) is 24.4 Å². The van der Waals surface area contributed by atoms with Crippen LogP contribution in [0.2, 0.25) is 0 Å². The van der Waals surface area contributed by atoms with Gasteiger partial charge in [-0.05, 0) is 34.5 Å². The average molecular weight is 337 g/mol. The van der Waals surface area contributed by atoms with Crippen molar-refractivity contribution < 1.29 is 9.21 Å². The Morgan fingerprint density at radius 2 is 2.25 bits per heavy atom. The number of nitrogens with zero attached hydrogens (tertiary/aromatic N) is 2. The maximum atomic E-state index is 11.7. The molecular formula is C13H13BrN4O2. The molecule has 1 fully saturated rings. The minimum atomic E-state index is -0.212. The lowest BCUT2D eigenvalue weighted by atomic mass is 10.3. The first-order valence-electron chi connectivity index (χ1n) is 6.26. The number of hydrogen-bond donors (Lipinski definition) is 2. The number of carbonyl (C=O) groups excluding carboxylic acids is 1. The summed E-state index contributed by atoms with van der Waals surface area (Å²) < 4.78 is 6.12. The molecule has 0 saturated heterocycles. The van der Waals surface area contributed by atoms with Crippen LogP contribution in [0, 0.1) is 0 Å². The van der Waals surface area contributed by atoms with E-state index in [1.807, 2.05) is 12.1 Å². The van der Waals surface area contributed by atoms with Crippen LogP contribution in [0.3, 0.4) is 0 Å². The lowest BCUT2D eigenvalue weighted by molar-refractivity contribution is 0.239. The fraction of sp³-hybridized carbons (Fsp3) is 0.308. The second-order valence-corrected chi connectivity index (χ2v) is 5.52. The van der Waals surface area contributed by atoms with Gasteiger partial charge >= 0.3 is 6.03 Å². The standard InChI is InChI=1S/C13H13BrN4O2/c14-8-5-15-12(16-6-8)7-17-13(19)18-10-4-9(10)11-2-1-3-20-11/h1-3,5-6,9-10H,4,7H2,(H2,17,18,19)/t9-,10-/m1/s1. The molecule has 2 N–H and O–H groups in total. The Kier molecular flexibility index (Phi) is 3.68.